The van der Waals surface area contributed by atoms with Crippen LogP contribution in [-0.4, -0.2) is 32.3 Å². The van der Waals surface area contributed by atoms with Crippen molar-refractivity contribution in [3.63, 3.8) is 0 Å². The Kier molecular flexibility index (Phi) is 5.53. The van der Waals surface area contributed by atoms with Crippen molar-refractivity contribution in [2.24, 2.45) is 0 Å². The van der Waals surface area contributed by atoms with Crippen molar-refractivity contribution in [2.75, 3.05) is 11.9 Å². The average Bonchev–Trinajstić information content (AvgIpc) is 3.25. The number of nitrogens with zero attached hydrogens (tertiary/aromatic N) is 4. The second kappa shape index (κ2) is 8.20. The molecule has 2 aromatic heterocycles. The zero-order valence-corrected chi connectivity index (χ0v) is 14.4. The van der Waals surface area contributed by atoms with Crippen LogP contribution in [0.1, 0.15) is 10.7 Å². The molecule has 0 radical (unpaired) electrons. The van der Waals surface area contributed by atoms with Gasteiger partial charge in [0.05, 0.1) is 17.2 Å². The van der Waals surface area contributed by atoms with E-state index in [-0.39, 0.29) is 5.91 Å². The SMILES string of the molecule is Cc1nc(/C=C/C(=O)Nc2cccc(OCCn3cncn3)c2)cs1. The Bertz CT molecular complexity index is 858. The van der Waals surface area contributed by atoms with Gasteiger partial charge in [0.1, 0.15) is 25.0 Å². The van der Waals surface area contributed by atoms with Crippen molar-refractivity contribution in [2.45, 2.75) is 13.5 Å². The lowest BCUT2D eigenvalue weighted by atomic mass is 10.3. The second-order valence-electron chi connectivity index (χ2n) is 5.15. The molecule has 3 aromatic rings. The van der Waals surface area contributed by atoms with Crippen LogP contribution in [0.4, 0.5) is 5.69 Å². The van der Waals surface area contributed by atoms with Crippen molar-refractivity contribution >= 4 is 29.0 Å². The Hall–Kier alpha value is -3.00. The first-order valence-electron chi connectivity index (χ1n) is 7.65. The summed E-state index contributed by atoms with van der Waals surface area (Å²) in [5.41, 5.74) is 1.45. The molecule has 1 amide bonds. The summed E-state index contributed by atoms with van der Waals surface area (Å²) in [6.07, 6.45) is 6.27. The van der Waals surface area contributed by atoms with E-state index in [2.05, 4.69) is 20.4 Å². The van der Waals surface area contributed by atoms with Gasteiger partial charge in [-0.15, -0.1) is 11.3 Å². The molecule has 3 rings (SSSR count). The number of aryl methyl sites for hydroxylation is 1. The average molecular weight is 355 g/mol. The van der Waals surface area contributed by atoms with E-state index in [0.717, 1.165) is 10.7 Å². The molecule has 1 N–H and O–H groups in total. The van der Waals surface area contributed by atoms with Crippen LogP contribution >= 0.6 is 11.3 Å². The number of hydrogen-bond acceptors (Lipinski definition) is 6. The number of carbonyl (C=O) groups is 1. The van der Waals surface area contributed by atoms with E-state index >= 15 is 0 Å². The molecule has 2 heterocycles. The van der Waals surface area contributed by atoms with Gasteiger partial charge in [-0.3, -0.25) is 4.79 Å². The molecule has 0 aliphatic carbocycles. The second-order valence-corrected chi connectivity index (χ2v) is 6.21. The monoisotopic (exact) mass is 355 g/mol. The van der Waals surface area contributed by atoms with Gasteiger partial charge in [0.2, 0.25) is 5.91 Å². The minimum absolute atomic E-state index is 0.217. The van der Waals surface area contributed by atoms with Gasteiger partial charge < -0.3 is 10.1 Å². The van der Waals surface area contributed by atoms with Crippen LogP contribution in [0.25, 0.3) is 6.08 Å². The number of anilines is 1. The third kappa shape index (κ3) is 5.25. The highest BCUT2D eigenvalue weighted by Gasteiger charge is 2.02. The van der Waals surface area contributed by atoms with E-state index in [4.69, 9.17) is 4.74 Å². The Morgan fingerprint density at radius 3 is 3.12 bits per heavy atom. The van der Waals surface area contributed by atoms with Crippen LogP contribution in [0, 0.1) is 6.92 Å². The molecule has 0 spiro atoms. The number of thiazole rings is 1. The van der Waals surface area contributed by atoms with Crippen molar-refractivity contribution in [3.05, 3.63) is 59.1 Å². The minimum atomic E-state index is -0.217. The lowest BCUT2D eigenvalue weighted by molar-refractivity contribution is -0.111. The number of hydrogen-bond donors (Lipinski definition) is 1. The zero-order chi connectivity index (χ0) is 17.5. The lowest BCUT2D eigenvalue weighted by Gasteiger charge is -2.08. The maximum Gasteiger partial charge on any atom is 0.248 e. The van der Waals surface area contributed by atoms with Crippen LogP contribution < -0.4 is 10.1 Å². The molecule has 8 heteroatoms. The summed E-state index contributed by atoms with van der Waals surface area (Å²) in [6, 6.07) is 7.25. The van der Waals surface area contributed by atoms with Crippen molar-refractivity contribution in [3.8, 4) is 5.75 Å². The molecule has 1 aromatic carbocycles. The molecule has 25 heavy (non-hydrogen) atoms. The molecule has 0 aliphatic rings. The summed E-state index contributed by atoms with van der Waals surface area (Å²) in [5, 5.41) is 9.69. The molecule has 0 saturated heterocycles. The molecule has 128 valence electrons. The predicted octanol–water partition coefficient (Wildman–Crippen LogP) is 2.77. The zero-order valence-electron chi connectivity index (χ0n) is 13.6. The molecule has 0 atom stereocenters. The van der Waals surface area contributed by atoms with Crippen LogP contribution in [-0.2, 0) is 11.3 Å². The normalized spacial score (nSPS) is 10.9. The lowest BCUT2D eigenvalue weighted by Crippen LogP contribution is -2.10. The van der Waals surface area contributed by atoms with Crippen LogP contribution in [0.5, 0.6) is 5.75 Å². The highest BCUT2D eigenvalue weighted by atomic mass is 32.1. The smallest absolute Gasteiger partial charge is 0.248 e. The van der Waals surface area contributed by atoms with Crippen molar-refractivity contribution in [1.29, 1.82) is 0 Å². The number of rotatable bonds is 7. The fraction of sp³-hybridized carbons (Fsp3) is 0.176. The minimum Gasteiger partial charge on any atom is -0.492 e. The Morgan fingerprint density at radius 2 is 2.36 bits per heavy atom. The Labute approximate surface area is 149 Å². The maximum absolute atomic E-state index is 12.0. The molecular weight excluding hydrogens is 338 g/mol. The number of nitrogens with one attached hydrogen (secondary N) is 1. The molecule has 0 fully saturated rings. The van der Waals surface area contributed by atoms with Crippen LogP contribution in [0.15, 0.2) is 48.4 Å². The van der Waals surface area contributed by atoms with E-state index in [0.29, 0.717) is 24.6 Å². The van der Waals surface area contributed by atoms with Gasteiger partial charge in [-0.05, 0) is 25.1 Å². The van der Waals surface area contributed by atoms with Crippen molar-refractivity contribution in [1.82, 2.24) is 19.7 Å². The highest BCUT2D eigenvalue weighted by Crippen LogP contribution is 2.17. The van der Waals surface area contributed by atoms with Crippen LogP contribution in [0.3, 0.4) is 0 Å². The summed E-state index contributed by atoms with van der Waals surface area (Å²) in [4.78, 5) is 20.1. The Morgan fingerprint density at radius 1 is 1.44 bits per heavy atom. The van der Waals surface area contributed by atoms with Gasteiger partial charge in [-0.25, -0.2) is 14.6 Å². The molecule has 0 unspecified atom stereocenters. The van der Waals surface area contributed by atoms with E-state index in [1.165, 1.54) is 12.4 Å². The third-order valence-corrected chi connectivity index (χ3v) is 3.99. The summed E-state index contributed by atoms with van der Waals surface area (Å²) in [6.45, 7) is 2.99. The summed E-state index contributed by atoms with van der Waals surface area (Å²) < 4.78 is 7.36. The van der Waals surface area contributed by atoms with Gasteiger partial charge >= 0.3 is 0 Å². The van der Waals surface area contributed by atoms with Gasteiger partial charge in [-0.1, -0.05) is 6.07 Å². The van der Waals surface area contributed by atoms with Gasteiger partial charge in [-0.2, -0.15) is 5.10 Å². The Balaban J connectivity index is 1.52. The maximum atomic E-state index is 12.0. The number of ether oxygens (including phenoxy) is 1. The number of carbonyl (C=O) groups excluding carboxylic acids is 1. The van der Waals surface area contributed by atoms with E-state index in [9.17, 15) is 4.79 Å². The van der Waals surface area contributed by atoms with E-state index < -0.39 is 0 Å². The largest absolute Gasteiger partial charge is 0.492 e. The van der Waals surface area contributed by atoms with E-state index in [1.54, 1.807) is 34.5 Å². The molecular formula is C17H17N5O2S. The highest BCUT2D eigenvalue weighted by molar-refractivity contribution is 7.09. The van der Waals surface area contributed by atoms with Gasteiger partial charge in [0.25, 0.3) is 0 Å². The van der Waals surface area contributed by atoms with Gasteiger partial charge in [0.15, 0.2) is 0 Å². The topological polar surface area (TPSA) is 81.9 Å². The standard InChI is InChI=1S/C17H17N5O2S/c1-13-20-15(10-25-13)5-6-17(23)21-14-3-2-4-16(9-14)24-8-7-22-12-18-11-19-22/h2-6,9-12H,7-8H2,1H3,(H,21,23)/b6-5+. The molecule has 7 nitrogen and oxygen atoms in total. The molecule has 0 saturated carbocycles. The number of benzene rings is 1. The molecule has 0 bridgehead atoms. The third-order valence-electron chi connectivity index (χ3n) is 3.20. The number of amides is 1. The van der Waals surface area contributed by atoms with Crippen molar-refractivity contribution < 1.29 is 9.53 Å². The first-order chi connectivity index (χ1) is 12.2. The first kappa shape index (κ1) is 16.8. The van der Waals surface area contributed by atoms with Gasteiger partial charge in [0, 0.05) is 23.2 Å². The predicted molar refractivity (Wildman–Crippen MR) is 96.5 cm³/mol. The van der Waals surface area contributed by atoms with Crippen LogP contribution in [0.2, 0.25) is 0 Å². The summed E-state index contributed by atoms with van der Waals surface area (Å²) >= 11 is 1.55. The fourth-order valence-electron chi connectivity index (χ4n) is 2.07. The quantitative estimate of drug-likeness (QED) is 0.659. The number of aromatic nitrogens is 4. The molecule has 0 aliphatic heterocycles. The summed E-state index contributed by atoms with van der Waals surface area (Å²) in [7, 11) is 0. The first-order valence-corrected chi connectivity index (χ1v) is 8.53. The fourth-order valence-corrected chi connectivity index (χ4v) is 2.65. The summed E-state index contributed by atoms with van der Waals surface area (Å²) in [5.74, 6) is 0.461. The van der Waals surface area contributed by atoms with E-state index in [1.807, 2.05) is 30.5 Å².